The van der Waals surface area contributed by atoms with Crippen LogP contribution < -0.4 is 10.1 Å². The third-order valence-corrected chi connectivity index (χ3v) is 5.30. The highest BCUT2D eigenvalue weighted by molar-refractivity contribution is 5.81. The number of nitrogens with zero attached hydrogens (tertiary/aromatic N) is 3. The van der Waals surface area contributed by atoms with Crippen molar-refractivity contribution in [2.24, 2.45) is 0 Å². The first kappa shape index (κ1) is 22.2. The summed E-state index contributed by atoms with van der Waals surface area (Å²) in [6.45, 7) is 0. The van der Waals surface area contributed by atoms with Crippen molar-refractivity contribution in [2.45, 2.75) is 50.4 Å². The highest BCUT2D eigenvalue weighted by atomic mass is 19.4. The van der Waals surface area contributed by atoms with Crippen LogP contribution in [-0.4, -0.2) is 38.2 Å². The zero-order chi connectivity index (χ0) is 23.1. The normalized spacial score (nSPS) is 19.8. The minimum atomic E-state index is -5.21. The first-order valence-corrected chi connectivity index (χ1v) is 9.78. The predicted molar refractivity (Wildman–Crippen MR) is 102 cm³/mol. The molecule has 172 valence electrons. The van der Waals surface area contributed by atoms with Crippen LogP contribution in [0.3, 0.4) is 0 Å². The molecule has 2 aromatic heterocycles. The van der Waals surface area contributed by atoms with Crippen molar-refractivity contribution < 1.29 is 36.2 Å². The monoisotopic (exact) mass is 460 g/mol. The molecule has 2 atom stereocenters. The molecule has 1 aromatic carbocycles. The number of hydrogen-bond donors (Lipinski definition) is 2. The van der Waals surface area contributed by atoms with E-state index in [1.807, 2.05) is 0 Å². The van der Waals surface area contributed by atoms with E-state index in [1.54, 1.807) is 18.3 Å². The van der Waals surface area contributed by atoms with Crippen molar-refractivity contribution in [1.82, 2.24) is 14.6 Å². The number of rotatable bonds is 4. The average molecular weight is 460 g/mol. The van der Waals surface area contributed by atoms with Gasteiger partial charge in [0.15, 0.2) is 0 Å². The van der Waals surface area contributed by atoms with E-state index >= 15 is 0 Å². The first-order valence-electron chi connectivity index (χ1n) is 9.78. The maximum atomic E-state index is 13.0. The maximum absolute atomic E-state index is 13.0. The molecule has 2 N–H and O–H groups in total. The third kappa shape index (κ3) is 4.59. The van der Waals surface area contributed by atoms with E-state index in [2.05, 4.69) is 20.3 Å². The molecule has 0 aliphatic heterocycles. The number of aliphatic hydroxyl groups excluding tert-OH is 1. The Morgan fingerprint density at radius 1 is 1.03 bits per heavy atom. The molecule has 0 spiro atoms. The van der Waals surface area contributed by atoms with Crippen LogP contribution in [0.1, 0.15) is 31.2 Å². The van der Waals surface area contributed by atoms with Crippen LogP contribution in [0.2, 0.25) is 0 Å². The minimum absolute atomic E-state index is 0.0854. The fourth-order valence-corrected chi connectivity index (χ4v) is 3.79. The van der Waals surface area contributed by atoms with Gasteiger partial charge < -0.3 is 15.2 Å². The largest absolute Gasteiger partial charge is 0.573 e. The van der Waals surface area contributed by atoms with Crippen LogP contribution in [-0.2, 0) is 6.18 Å². The Labute approximate surface area is 177 Å². The zero-order valence-corrected chi connectivity index (χ0v) is 16.4. The number of nitrogens with one attached hydrogen (secondary N) is 1. The average Bonchev–Trinajstić information content (AvgIpc) is 3.19. The topological polar surface area (TPSA) is 71.7 Å². The standard InChI is InChI=1S/C20H18F6N4O2/c21-19(22,23)11-7-8-12(16(10-11)32-20(24,25)26)17-14-5-3-9-30(14)18(29-28-17)27-13-4-1-2-6-15(13)31/h3,5,7-10,13,15,31H,1-2,4,6H2,(H,27,29)/t13-,15-/m1/s1. The summed E-state index contributed by atoms with van der Waals surface area (Å²) in [5, 5.41) is 21.3. The summed E-state index contributed by atoms with van der Waals surface area (Å²) in [5.74, 6) is -0.780. The van der Waals surface area contributed by atoms with E-state index in [4.69, 9.17) is 0 Å². The first-order chi connectivity index (χ1) is 15.0. The lowest BCUT2D eigenvalue weighted by Gasteiger charge is -2.28. The van der Waals surface area contributed by atoms with Crippen LogP contribution in [0.15, 0.2) is 36.5 Å². The number of halogens is 6. The Bertz CT molecular complexity index is 1110. The van der Waals surface area contributed by atoms with E-state index in [0.29, 0.717) is 24.4 Å². The highest BCUT2D eigenvalue weighted by Crippen LogP contribution is 2.40. The van der Waals surface area contributed by atoms with Gasteiger partial charge in [0.25, 0.3) is 0 Å². The van der Waals surface area contributed by atoms with Crippen LogP contribution in [0, 0.1) is 0 Å². The SMILES string of the molecule is O[C@@H]1CCCC[C@H]1Nc1nnc(-c2ccc(C(F)(F)F)cc2OC(F)(F)F)c2cccn12. The van der Waals surface area contributed by atoms with Gasteiger partial charge in [0.2, 0.25) is 5.95 Å². The summed E-state index contributed by atoms with van der Waals surface area (Å²) in [7, 11) is 0. The van der Waals surface area contributed by atoms with Crippen molar-refractivity contribution in [2.75, 3.05) is 5.32 Å². The van der Waals surface area contributed by atoms with Crippen molar-refractivity contribution >= 4 is 11.5 Å². The summed E-state index contributed by atoms with van der Waals surface area (Å²) in [6, 6.07) is 4.68. The number of aliphatic hydroxyl groups is 1. The van der Waals surface area contributed by atoms with Gasteiger partial charge in [0.05, 0.1) is 23.2 Å². The summed E-state index contributed by atoms with van der Waals surface area (Å²) in [4.78, 5) is 0. The van der Waals surface area contributed by atoms with Crippen LogP contribution >= 0.6 is 0 Å². The maximum Gasteiger partial charge on any atom is 0.573 e. The number of benzene rings is 1. The molecular formula is C20H18F6N4O2. The fourth-order valence-electron chi connectivity index (χ4n) is 3.79. The summed E-state index contributed by atoms with van der Waals surface area (Å²) in [5.41, 5.74) is -1.36. The molecular weight excluding hydrogens is 442 g/mol. The van der Waals surface area contributed by atoms with Gasteiger partial charge in [0, 0.05) is 11.8 Å². The van der Waals surface area contributed by atoms with Gasteiger partial charge in [-0.2, -0.15) is 13.2 Å². The molecule has 12 heteroatoms. The predicted octanol–water partition coefficient (Wildman–Crippen LogP) is 5.03. The van der Waals surface area contributed by atoms with Gasteiger partial charge in [-0.25, -0.2) is 0 Å². The minimum Gasteiger partial charge on any atom is -0.405 e. The Hall–Kier alpha value is -3.02. The number of anilines is 1. The van der Waals surface area contributed by atoms with E-state index in [-0.39, 0.29) is 29.3 Å². The second kappa shape index (κ2) is 8.15. The van der Waals surface area contributed by atoms with Gasteiger partial charge in [0.1, 0.15) is 11.4 Å². The van der Waals surface area contributed by atoms with Crippen molar-refractivity contribution in [3.8, 4) is 17.0 Å². The quantitative estimate of drug-likeness (QED) is 0.535. The van der Waals surface area contributed by atoms with Gasteiger partial charge in [-0.1, -0.05) is 12.8 Å². The molecule has 1 aliphatic rings. The van der Waals surface area contributed by atoms with Gasteiger partial charge in [-0.15, -0.1) is 23.4 Å². The Balaban J connectivity index is 1.77. The molecule has 6 nitrogen and oxygen atoms in total. The Morgan fingerprint density at radius 3 is 2.47 bits per heavy atom. The highest BCUT2D eigenvalue weighted by Gasteiger charge is 2.36. The van der Waals surface area contributed by atoms with Crippen molar-refractivity contribution in [3.05, 3.63) is 42.1 Å². The molecule has 1 saturated carbocycles. The smallest absolute Gasteiger partial charge is 0.405 e. The van der Waals surface area contributed by atoms with Crippen LogP contribution in [0.5, 0.6) is 5.75 Å². The van der Waals surface area contributed by atoms with E-state index < -0.39 is 30.0 Å². The van der Waals surface area contributed by atoms with Crippen LogP contribution in [0.25, 0.3) is 16.8 Å². The number of fused-ring (bicyclic) bond motifs is 1. The Morgan fingerprint density at radius 2 is 1.78 bits per heavy atom. The lowest BCUT2D eigenvalue weighted by Crippen LogP contribution is -2.37. The molecule has 0 amide bonds. The molecule has 32 heavy (non-hydrogen) atoms. The van der Waals surface area contributed by atoms with Crippen LogP contribution in [0.4, 0.5) is 32.3 Å². The van der Waals surface area contributed by atoms with Crippen molar-refractivity contribution in [3.63, 3.8) is 0 Å². The fraction of sp³-hybridized carbons (Fsp3) is 0.400. The van der Waals surface area contributed by atoms with E-state index in [0.717, 1.165) is 18.9 Å². The molecule has 0 unspecified atom stereocenters. The molecule has 1 fully saturated rings. The second-order valence-corrected chi connectivity index (χ2v) is 7.49. The lowest BCUT2D eigenvalue weighted by molar-refractivity contribution is -0.274. The van der Waals surface area contributed by atoms with Gasteiger partial charge in [-0.3, -0.25) is 4.40 Å². The number of hydrogen-bond acceptors (Lipinski definition) is 5. The molecule has 3 aromatic rings. The number of aromatic nitrogens is 3. The van der Waals surface area contributed by atoms with Gasteiger partial charge >= 0.3 is 12.5 Å². The second-order valence-electron chi connectivity index (χ2n) is 7.49. The molecule has 0 saturated heterocycles. The molecule has 0 radical (unpaired) electrons. The molecule has 0 bridgehead atoms. The van der Waals surface area contributed by atoms with Crippen molar-refractivity contribution in [1.29, 1.82) is 0 Å². The third-order valence-electron chi connectivity index (χ3n) is 5.30. The van der Waals surface area contributed by atoms with Gasteiger partial charge in [-0.05, 0) is 43.2 Å². The lowest BCUT2D eigenvalue weighted by atomic mass is 9.93. The summed E-state index contributed by atoms with van der Waals surface area (Å²) in [6.07, 6.45) is -5.91. The molecule has 1 aliphatic carbocycles. The number of alkyl halides is 6. The zero-order valence-electron chi connectivity index (χ0n) is 16.4. The molecule has 2 heterocycles. The van der Waals surface area contributed by atoms with E-state index in [1.165, 1.54) is 4.40 Å². The summed E-state index contributed by atoms with van der Waals surface area (Å²) >= 11 is 0. The molecule has 4 rings (SSSR count). The summed E-state index contributed by atoms with van der Waals surface area (Å²) < 4.78 is 83.3. The number of ether oxygens (including phenoxy) is 1. The van der Waals surface area contributed by atoms with E-state index in [9.17, 15) is 31.4 Å². The Kier molecular flexibility index (Phi) is 5.65.